The SMILES string of the molecule is CCN(Cc1ccccc1)C(=O)c1cc(Br)cnc1NC. The average Bonchev–Trinajstić information content (AvgIpc) is 2.53. The third-order valence-corrected chi connectivity index (χ3v) is 3.64. The van der Waals surface area contributed by atoms with Crippen LogP contribution in [-0.2, 0) is 6.54 Å². The summed E-state index contributed by atoms with van der Waals surface area (Å²) >= 11 is 3.37. The lowest BCUT2D eigenvalue weighted by Gasteiger charge is -2.22. The van der Waals surface area contributed by atoms with Crippen LogP contribution in [0.15, 0.2) is 47.1 Å². The van der Waals surface area contributed by atoms with Crippen molar-refractivity contribution < 1.29 is 4.79 Å². The van der Waals surface area contributed by atoms with Crippen molar-refractivity contribution >= 4 is 27.7 Å². The highest BCUT2D eigenvalue weighted by Crippen LogP contribution is 2.20. The molecule has 21 heavy (non-hydrogen) atoms. The van der Waals surface area contributed by atoms with Crippen LogP contribution >= 0.6 is 15.9 Å². The zero-order valence-electron chi connectivity index (χ0n) is 12.1. The fourth-order valence-electron chi connectivity index (χ4n) is 2.10. The smallest absolute Gasteiger partial charge is 0.257 e. The molecule has 1 aromatic heterocycles. The van der Waals surface area contributed by atoms with Gasteiger partial charge in [0.15, 0.2) is 0 Å². The van der Waals surface area contributed by atoms with Gasteiger partial charge in [-0.05, 0) is 34.5 Å². The number of carbonyl (C=O) groups is 1. The topological polar surface area (TPSA) is 45.2 Å². The molecule has 0 aliphatic heterocycles. The van der Waals surface area contributed by atoms with Gasteiger partial charge in [-0.25, -0.2) is 4.98 Å². The van der Waals surface area contributed by atoms with E-state index in [2.05, 4.69) is 26.2 Å². The first kappa shape index (κ1) is 15.5. The van der Waals surface area contributed by atoms with E-state index in [0.29, 0.717) is 24.5 Å². The predicted molar refractivity (Wildman–Crippen MR) is 88.3 cm³/mol. The molecule has 0 aliphatic carbocycles. The van der Waals surface area contributed by atoms with Crippen LogP contribution in [0.25, 0.3) is 0 Å². The number of hydrogen-bond acceptors (Lipinski definition) is 3. The Morgan fingerprint density at radius 2 is 2.05 bits per heavy atom. The second-order valence-corrected chi connectivity index (χ2v) is 5.52. The normalized spacial score (nSPS) is 10.2. The summed E-state index contributed by atoms with van der Waals surface area (Å²) in [5, 5.41) is 2.97. The number of nitrogens with zero attached hydrogens (tertiary/aromatic N) is 2. The molecule has 1 aromatic carbocycles. The number of rotatable bonds is 5. The van der Waals surface area contributed by atoms with Gasteiger partial charge < -0.3 is 10.2 Å². The van der Waals surface area contributed by atoms with Crippen LogP contribution in [0.1, 0.15) is 22.8 Å². The molecule has 4 nitrogen and oxygen atoms in total. The van der Waals surface area contributed by atoms with Crippen LogP contribution in [0.2, 0.25) is 0 Å². The molecule has 1 amide bonds. The minimum Gasteiger partial charge on any atom is -0.372 e. The summed E-state index contributed by atoms with van der Waals surface area (Å²) in [5.41, 5.74) is 1.69. The van der Waals surface area contributed by atoms with Crippen LogP contribution in [0.5, 0.6) is 0 Å². The van der Waals surface area contributed by atoms with Gasteiger partial charge in [0.1, 0.15) is 5.82 Å². The molecule has 1 heterocycles. The van der Waals surface area contributed by atoms with Gasteiger partial charge in [0.05, 0.1) is 5.56 Å². The number of anilines is 1. The summed E-state index contributed by atoms with van der Waals surface area (Å²) in [4.78, 5) is 18.8. The molecule has 0 unspecified atom stereocenters. The fraction of sp³-hybridized carbons (Fsp3) is 0.250. The number of amides is 1. The summed E-state index contributed by atoms with van der Waals surface area (Å²) < 4.78 is 0.792. The number of halogens is 1. The van der Waals surface area contributed by atoms with Crippen LogP contribution < -0.4 is 5.32 Å². The van der Waals surface area contributed by atoms with Crippen molar-refractivity contribution in [2.24, 2.45) is 0 Å². The molecule has 0 radical (unpaired) electrons. The highest BCUT2D eigenvalue weighted by Gasteiger charge is 2.19. The molecular formula is C16H18BrN3O. The van der Waals surface area contributed by atoms with Crippen molar-refractivity contribution in [3.8, 4) is 0 Å². The Morgan fingerprint density at radius 1 is 1.33 bits per heavy atom. The van der Waals surface area contributed by atoms with Gasteiger partial charge in [0, 0.05) is 30.8 Å². The molecule has 0 saturated heterocycles. The fourth-order valence-corrected chi connectivity index (χ4v) is 2.43. The third-order valence-electron chi connectivity index (χ3n) is 3.21. The van der Waals surface area contributed by atoms with E-state index in [-0.39, 0.29) is 5.91 Å². The maximum atomic E-state index is 12.7. The Bertz CT molecular complexity index is 616. The number of carbonyl (C=O) groups excluding carboxylic acids is 1. The molecule has 0 spiro atoms. The number of benzene rings is 1. The standard InChI is InChI=1S/C16H18BrN3O/c1-3-20(11-12-7-5-4-6-8-12)16(21)14-9-13(17)10-19-15(14)18-2/h4-10H,3,11H2,1-2H3,(H,18,19). The van der Waals surface area contributed by atoms with Gasteiger partial charge in [-0.3, -0.25) is 4.79 Å². The largest absolute Gasteiger partial charge is 0.372 e. The van der Waals surface area contributed by atoms with Crippen molar-refractivity contribution in [3.63, 3.8) is 0 Å². The first-order valence-corrected chi connectivity index (χ1v) is 7.61. The number of hydrogen-bond donors (Lipinski definition) is 1. The zero-order chi connectivity index (χ0) is 15.2. The Hall–Kier alpha value is -1.88. The molecule has 0 aliphatic rings. The first-order chi connectivity index (χ1) is 10.2. The molecular weight excluding hydrogens is 330 g/mol. The molecule has 2 aromatic rings. The zero-order valence-corrected chi connectivity index (χ0v) is 13.7. The van der Waals surface area contributed by atoms with Crippen molar-refractivity contribution in [1.29, 1.82) is 0 Å². The Balaban J connectivity index is 2.26. The molecule has 5 heteroatoms. The van der Waals surface area contributed by atoms with Crippen LogP contribution in [-0.4, -0.2) is 29.4 Å². The lowest BCUT2D eigenvalue weighted by Crippen LogP contribution is -2.31. The Kier molecular flexibility index (Phi) is 5.33. The van der Waals surface area contributed by atoms with E-state index in [4.69, 9.17) is 0 Å². The molecule has 0 fully saturated rings. The summed E-state index contributed by atoms with van der Waals surface area (Å²) in [5.74, 6) is 0.564. The third kappa shape index (κ3) is 3.82. The maximum absolute atomic E-state index is 12.7. The number of aromatic nitrogens is 1. The highest BCUT2D eigenvalue weighted by molar-refractivity contribution is 9.10. The summed E-state index contributed by atoms with van der Waals surface area (Å²) in [6, 6.07) is 11.8. The van der Waals surface area contributed by atoms with E-state index < -0.39 is 0 Å². The molecule has 0 bridgehead atoms. The second kappa shape index (κ2) is 7.22. The average molecular weight is 348 g/mol. The summed E-state index contributed by atoms with van der Waals surface area (Å²) in [6.07, 6.45) is 1.68. The minimum atomic E-state index is -0.0282. The van der Waals surface area contributed by atoms with E-state index >= 15 is 0 Å². The van der Waals surface area contributed by atoms with E-state index in [1.165, 1.54) is 0 Å². The molecule has 2 rings (SSSR count). The maximum Gasteiger partial charge on any atom is 0.257 e. The summed E-state index contributed by atoms with van der Waals surface area (Å²) in [7, 11) is 1.76. The molecule has 110 valence electrons. The molecule has 0 atom stereocenters. The highest BCUT2D eigenvalue weighted by atomic mass is 79.9. The van der Waals surface area contributed by atoms with Gasteiger partial charge in [-0.15, -0.1) is 0 Å². The lowest BCUT2D eigenvalue weighted by molar-refractivity contribution is 0.0753. The number of pyridine rings is 1. The van der Waals surface area contributed by atoms with Gasteiger partial charge in [0.25, 0.3) is 5.91 Å². The van der Waals surface area contributed by atoms with Crippen molar-refractivity contribution in [1.82, 2.24) is 9.88 Å². The second-order valence-electron chi connectivity index (χ2n) is 4.60. The van der Waals surface area contributed by atoms with Crippen molar-refractivity contribution in [3.05, 3.63) is 58.2 Å². The lowest BCUT2D eigenvalue weighted by atomic mass is 10.1. The van der Waals surface area contributed by atoms with E-state index in [1.807, 2.05) is 37.3 Å². The van der Waals surface area contributed by atoms with Crippen LogP contribution in [0.3, 0.4) is 0 Å². The van der Waals surface area contributed by atoms with Crippen molar-refractivity contribution in [2.75, 3.05) is 18.9 Å². The van der Waals surface area contributed by atoms with Crippen molar-refractivity contribution in [2.45, 2.75) is 13.5 Å². The monoisotopic (exact) mass is 347 g/mol. The first-order valence-electron chi connectivity index (χ1n) is 6.82. The molecule has 1 N–H and O–H groups in total. The summed E-state index contributed by atoms with van der Waals surface area (Å²) in [6.45, 7) is 3.21. The van der Waals surface area contributed by atoms with Gasteiger partial charge in [0.2, 0.25) is 0 Å². The Labute approximate surface area is 133 Å². The minimum absolute atomic E-state index is 0.0282. The van der Waals surface area contributed by atoms with Gasteiger partial charge in [-0.1, -0.05) is 30.3 Å². The predicted octanol–water partition coefficient (Wildman–Crippen LogP) is 3.55. The van der Waals surface area contributed by atoms with E-state index in [1.54, 1.807) is 24.2 Å². The van der Waals surface area contributed by atoms with Gasteiger partial charge >= 0.3 is 0 Å². The molecule has 0 saturated carbocycles. The van der Waals surface area contributed by atoms with E-state index in [0.717, 1.165) is 10.0 Å². The van der Waals surface area contributed by atoms with Crippen LogP contribution in [0.4, 0.5) is 5.82 Å². The quantitative estimate of drug-likeness (QED) is 0.899. The number of nitrogens with one attached hydrogen (secondary N) is 1. The van der Waals surface area contributed by atoms with E-state index in [9.17, 15) is 4.79 Å². The van der Waals surface area contributed by atoms with Gasteiger partial charge in [-0.2, -0.15) is 0 Å². The Morgan fingerprint density at radius 3 is 2.67 bits per heavy atom. The van der Waals surface area contributed by atoms with Crippen LogP contribution in [0, 0.1) is 0 Å².